The zero-order valence-electron chi connectivity index (χ0n) is 12.6. The fourth-order valence-electron chi connectivity index (χ4n) is 1.94. The average Bonchev–Trinajstić information content (AvgIpc) is 2.48. The number of anilines is 1. The van der Waals surface area contributed by atoms with Crippen molar-refractivity contribution in [2.24, 2.45) is 0 Å². The lowest BCUT2D eigenvalue weighted by Crippen LogP contribution is -2.16. The van der Waals surface area contributed by atoms with Gasteiger partial charge in [0.25, 0.3) is 5.91 Å². The molecule has 0 heterocycles. The molecule has 0 fully saturated rings. The maximum Gasteiger partial charge on any atom is 0.416 e. The Morgan fingerprint density at radius 1 is 1.09 bits per heavy atom. The summed E-state index contributed by atoms with van der Waals surface area (Å²) in [6.45, 7) is 3.50. The molecule has 0 saturated carbocycles. The smallest absolute Gasteiger partial charge is 0.416 e. The Labute approximate surface area is 132 Å². The molecule has 0 unspecified atom stereocenters. The van der Waals surface area contributed by atoms with Crippen LogP contribution in [0.1, 0.15) is 29.8 Å². The number of hydrogen-bond donors (Lipinski definition) is 1. The molecular formula is C17H16F3NO2. The average molecular weight is 323 g/mol. The molecule has 2 aromatic rings. The Hall–Kier alpha value is -2.50. The van der Waals surface area contributed by atoms with E-state index in [9.17, 15) is 18.0 Å². The molecule has 0 aliphatic carbocycles. The number of carbonyl (C=O) groups is 1. The molecule has 0 aliphatic heterocycles. The van der Waals surface area contributed by atoms with E-state index < -0.39 is 17.6 Å². The third-order valence-electron chi connectivity index (χ3n) is 2.95. The summed E-state index contributed by atoms with van der Waals surface area (Å²) in [5.41, 5.74) is -0.514. The third-order valence-corrected chi connectivity index (χ3v) is 2.95. The second kappa shape index (κ2) is 6.73. The van der Waals surface area contributed by atoms with Crippen LogP contribution in [0.3, 0.4) is 0 Å². The van der Waals surface area contributed by atoms with Crippen LogP contribution in [-0.4, -0.2) is 12.0 Å². The Bertz CT molecular complexity index is 682. The lowest BCUT2D eigenvalue weighted by molar-refractivity contribution is -0.137. The molecule has 2 aromatic carbocycles. The van der Waals surface area contributed by atoms with Crippen LogP contribution < -0.4 is 10.1 Å². The van der Waals surface area contributed by atoms with Crippen molar-refractivity contribution in [1.82, 2.24) is 0 Å². The number of alkyl halides is 3. The number of ether oxygens (including phenoxy) is 1. The van der Waals surface area contributed by atoms with Crippen molar-refractivity contribution >= 4 is 11.6 Å². The summed E-state index contributed by atoms with van der Waals surface area (Å²) in [4.78, 5) is 12.2. The van der Waals surface area contributed by atoms with Gasteiger partial charge in [-0.15, -0.1) is 0 Å². The molecule has 122 valence electrons. The molecule has 0 bridgehead atoms. The van der Waals surface area contributed by atoms with Crippen molar-refractivity contribution in [3.05, 3.63) is 59.7 Å². The standard InChI is InChI=1S/C17H16F3NO2/c1-11(2)23-15-9-8-13(17(18,19)20)10-14(15)21-16(22)12-6-4-3-5-7-12/h3-11H,1-2H3,(H,21,22). The molecule has 1 N–H and O–H groups in total. The van der Waals surface area contributed by atoms with Gasteiger partial charge in [0.15, 0.2) is 0 Å². The summed E-state index contributed by atoms with van der Waals surface area (Å²) in [5.74, 6) is -0.309. The first kappa shape index (κ1) is 16.9. The molecule has 1 amide bonds. The molecule has 6 heteroatoms. The van der Waals surface area contributed by atoms with E-state index in [2.05, 4.69) is 5.32 Å². The van der Waals surface area contributed by atoms with Gasteiger partial charge in [-0.2, -0.15) is 13.2 Å². The molecule has 2 rings (SSSR count). The molecule has 23 heavy (non-hydrogen) atoms. The van der Waals surface area contributed by atoms with E-state index in [0.29, 0.717) is 5.56 Å². The summed E-state index contributed by atoms with van der Waals surface area (Å²) in [5, 5.41) is 2.48. The van der Waals surface area contributed by atoms with Gasteiger partial charge in [-0.05, 0) is 44.2 Å². The van der Waals surface area contributed by atoms with Crippen molar-refractivity contribution < 1.29 is 22.7 Å². The monoisotopic (exact) mass is 323 g/mol. The third kappa shape index (κ3) is 4.48. The number of rotatable bonds is 4. The minimum atomic E-state index is -4.50. The normalized spacial score (nSPS) is 11.4. The highest BCUT2D eigenvalue weighted by molar-refractivity contribution is 6.05. The topological polar surface area (TPSA) is 38.3 Å². The maximum atomic E-state index is 12.9. The first-order valence-electron chi connectivity index (χ1n) is 7.01. The maximum absolute atomic E-state index is 12.9. The predicted molar refractivity (Wildman–Crippen MR) is 81.6 cm³/mol. The molecule has 0 aliphatic rings. The van der Waals surface area contributed by atoms with Gasteiger partial charge >= 0.3 is 6.18 Å². The number of amides is 1. The SMILES string of the molecule is CC(C)Oc1ccc(C(F)(F)F)cc1NC(=O)c1ccccc1. The number of benzene rings is 2. The Morgan fingerprint density at radius 3 is 2.30 bits per heavy atom. The lowest BCUT2D eigenvalue weighted by atomic mass is 10.1. The van der Waals surface area contributed by atoms with Gasteiger partial charge < -0.3 is 10.1 Å². The van der Waals surface area contributed by atoms with Crippen molar-refractivity contribution in [3.63, 3.8) is 0 Å². The van der Waals surface area contributed by atoms with Crippen molar-refractivity contribution in [3.8, 4) is 5.75 Å². The zero-order chi connectivity index (χ0) is 17.0. The largest absolute Gasteiger partial charge is 0.489 e. The van der Waals surface area contributed by atoms with E-state index in [1.807, 2.05) is 0 Å². The highest BCUT2D eigenvalue weighted by atomic mass is 19.4. The van der Waals surface area contributed by atoms with Crippen LogP contribution >= 0.6 is 0 Å². The predicted octanol–water partition coefficient (Wildman–Crippen LogP) is 4.74. The minimum absolute atomic E-state index is 0.0117. The van der Waals surface area contributed by atoms with Crippen molar-refractivity contribution in [2.45, 2.75) is 26.1 Å². The van der Waals surface area contributed by atoms with Gasteiger partial charge in [0, 0.05) is 5.56 Å². The summed E-state index contributed by atoms with van der Waals surface area (Å²) < 4.78 is 44.1. The molecule has 0 atom stereocenters. The first-order chi connectivity index (χ1) is 10.8. The minimum Gasteiger partial charge on any atom is -0.489 e. The second-order valence-electron chi connectivity index (χ2n) is 5.20. The summed E-state index contributed by atoms with van der Waals surface area (Å²) >= 11 is 0. The zero-order valence-corrected chi connectivity index (χ0v) is 12.6. The van der Waals surface area contributed by atoms with E-state index >= 15 is 0 Å². The summed E-state index contributed by atoms with van der Waals surface area (Å²) in [7, 11) is 0. The quantitative estimate of drug-likeness (QED) is 0.882. The number of nitrogens with one attached hydrogen (secondary N) is 1. The van der Waals surface area contributed by atoms with Crippen molar-refractivity contribution in [1.29, 1.82) is 0 Å². The highest BCUT2D eigenvalue weighted by Gasteiger charge is 2.31. The number of hydrogen-bond acceptors (Lipinski definition) is 2. The van der Waals surface area contributed by atoms with E-state index in [1.165, 1.54) is 6.07 Å². The van der Waals surface area contributed by atoms with Gasteiger partial charge in [0.2, 0.25) is 0 Å². The number of carbonyl (C=O) groups excluding carboxylic acids is 1. The molecule has 0 aromatic heterocycles. The van der Waals surface area contributed by atoms with Crippen LogP contribution in [0.5, 0.6) is 5.75 Å². The molecule has 0 saturated heterocycles. The highest BCUT2D eigenvalue weighted by Crippen LogP contribution is 2.35. The Morgan fingerprint density at radius 2 is 1.74 bits per heavy atom. The molecule has 0 spiro atoms. The van der Waals surface area contributed by atoms with Crippen LogP contribution in [0.15, 0.2) is 48.5 Å². The Kier molecular flexibility index (Phi) is 4.93. The van der Waals surface area contributed by atoms with Crippen LogP contribution in [0, 0.1) is 0 Å². The van der Waals surface area contributed by atoms with Crippen LogP contribution in [-0.2, 0) is 6.18 Å². The van der Waals surface area contributed by atoms with E-state index in [1.54, 1.807) is 44.2 Å². The van der Waals surface area contributed by atoms with E-state index in [-0.39, 0.29) is 17.5 Å². The molecule has 3 nitrogen and oxygen atoms in total. The second-order valence-corrected chi connectivity index (χ2v) is 5.20. The van der Waals surface area contributed by atoms with E-state index in [4.69, 9.17) is 4.74 Å². The summed E-state index contributed by atoms with van der Waals surface area (Å²) in [6.07, 6.45) is -4.73. The fraction of sp³-hybridized carbons (Fsp3) is 0.235. The first-order valence-corrected chi connectivity index (χ1v) is 7.01. The van der Waals surface area contributed by atoms with E-state index in [0.717, 1.165) is 12.1 Å². The van der Waals surface area contributed by atoms with Gasteiger partial charge in [-0.3, -0.25) is 4.79 Å². The van der Waals surface area contributed by atoms with Gasteiger partial charge in [-0.1, -0.05) is 18.2 Å². The number of halogens is 3. The van der Waals surface area contributed by atoms with Gasteiger partial charge in [-0.25, -0.2) is 0 Å². The lowest BCUT2D eigenvalue weighted by Gasteiger charge is -2.17. The van der Waals surface area contributed by atoms with Gasteiger partial charge in [0.05, 0.1) is 17.4 Å². The van der Waals surface area contributed by atoms with Crippen molar-refractivity contribution in [2.75, 3.05) is 5.32 Å². The summed E-state index contributed by atoms with van der Waals surface area (Å²) in [6, 6.07) is 11.3. The van der Waals surface area contributed by atoms with Crippen LogP contribution in [0.4, 0.5) is 18.9 Å². The Balaban J connectivity index is 2.35. The van der Waals surface area contributed by atoms with Crippen LogP contribution in [0.25, 0.3) is 0 Å². The van der Waals surface area contributed by atoms with Gasteiger partial charge in [0.1, 0.15) is 5.75 Å². The van der Waals surface area contributed by atoms with Crippen LogP contribution in [0.2, 0.25) is 0 Å². The molecular weight excluding hydrogens is 307 g/mol. The fourth-order valence-corrected chi connectivity index (χ4v) is 1.94. The molecule has 0 radical (unpaired) electrons.